The molecule has 4 rings (SSSR count). The van der Waals surface area contributed by atoms with Crippen LogP contribution in [0.1, 0.15) is 50.6 Å². The second-order valence-corrected chi connectivity index (χ2v) is 9.37. The molecule has 1 aliphatic rings. The number of pyridine rings is 1. The highest BCUT2D eigenvalue weighted by Gasteiger charge is 2.25. The van der Waals surface area contributed by atoms with E-state index >= 15 is 0 Å². The van der Waals surface area contributed by atoms with E-state index in [0.717, 1.165) is 22.7 Å². The second-order valence-electron chi connectivity index (χ2n) is 8.06. The Morgan fingerprint density at radius 1 is 1.28 bits per heavy atom. The topological polar surface area (TPSA) is 107 Å². The molecule has 0 radical (unpaired) electrons. The van der Waals surface area contributed by atoms with Crippen molar-refractivity contribution in [3.05, 3.63) is 71.3 Å². The van der Waals surface area contributed by atoms with Gasteiger partial charge in [-0.15, -0.1) is 10.2 Å². The first kappa shape index (κ1) is 22.2. The van der Waals surface area contributed by atoms with Crippen LogP contribution >= 0.6 is 11.8 Å². The molecule has 166 valence electrons. The summed E-state index contributed by atoms with van der Waals surface area (Å²) in [5.74, 6) is -0.227. The number of carbonyl (C=O) groups is 2. The van der Waals surface area contributed by atoms with Gasteiger partial charge in [0.25, 0.3) is 5.91 Å². The monoisotopic (exact) mass is 450 g/mol. The SMILES string of the molecule is C[C@H](Sc1nncn1C)c1cccc(CC(=O)c2cc(C(=O)N3CC[C@@H](N)C3)ccn2)c1. The Morgan fingerprint density at radius 2 is 2.12 bits per heavy atom. The minimum atomic E-state index is -0.122. The van der Waals surface area contributed by atoms with Crippen LogP contribution < -0.4 is 5.73 Å². The molecule has 0 spiro atoms. The van der Waals surface area contributed by atoms with Crippen LogP contribution in [0.4, 0.5) is 0 Å². The molecule has 0 saturated carbocycles. The van der Waals surface area contributed by atoms with Gasteiger partial charge < -0.3 is 15.2 Å². The lowest BCUT2D eigenvalue weighted by atomic mass is 10.0. The lowest BCUT2D eigenvalue weighted by Crippen LogP contribution is -2.32. The zero-order valence-electron chi connectivity index (χ0n) is 18.1. The molecule has 32 heavy (non-hydrogen) atoms. The maximum atomic E-state index is 12.9. The Kier molecular flexibility index (Phi) is 6.66. The van der Waals surface area contributed by atoms with Crippen molar-refractivity contribution in [3.63, 3.8) is 0 Å². The van der Waals surface area contributed by atoms with Crippen molar-refractivity contribution in [3.8, 4) is 0 Å². The molecule has 8 nitrogen and oxygen atoms in total. The number of carbonyl (C=O) groups excluding carboxylic acids is 2. The number of benzene rings is 1. The van der Waals surface area contributed by atoms with Gasteiger partial charge in [0.05, 0.1) is 0 Å². The number of hydrogen-bond donors (Lipinski definition) is 1. The Morgan fingerprint density at radius 3 is 2.84 bits per heavy atom. The Hall–Kier alpha value is -3.04. The van der Waals surface area contributed by atoms with Crippen LogP contribution in [0.25, 0.3) is 0 Å². The van der Waals surface area contributed by atoms with Gasteiger partial charge in [-0.3, -0.25) is 14.6 Å². The van der Waals surface area contributed by atoms with Crippen LogP contribution in [-0.2, 0) is 13.5 Å². The molecular weight excluding hydrogens is 424 g/mol. The number of nitrogens with two attached hydrogens (primary N) is 1. The maximum absolute atomic E-state index is 12.9. The highest BCUT2D eigenvalue weighted by atomic mass is 32.2. The first-order chi connectivity index (χ1) is 15.4. The van der Waals surface area contributed by atoms with Crippen molar-refractivity contribution < 1.29 is 9.59 Å². The number of nitrogens with zero attached hydrogens (tertiary/aromatic N) is 5. The fourth-order valence-electron chi connectivity index (χ4n) is 3.71. The van der Waals surface area contributed by atoms with E-state index < -0.39 is 0 Å². The maximum Gasteiger partial charge on any atom is 0.254 e. The number of amides is 1. The number of likely N-dealkylation sites (tertiary alicyclic amines) is 1. The minimum absolute atomic E-state index is 0.0170. The fourth-order valence-corrected chi connectivity index (χ4v) is 4.61. The highest BCUT2D eigenvalue weighted by Crippen LogP contribution is 2.33. The average Bonchev–Trinajstić information content (AvgIpc) is 3.41. The third kappa shape index (κ3) is 5.05. The van der Waals surface area contributed by atoms with Gasteiger partial charge in [-0.2, -0.15) is 0 Å². The first-order valence-corrected chi connectivity index (χ1v) is 11.4. The number of aromatic nitrogens is 4. The molecular formula is C23H26N6O2S. The van der Waals surface area contributed by atoms with Gasteiger partial charge in [0.1, 0.15) is 12.0 Å². The summed E-state index contributed by atoms with van der Waals surface area (Å²) in [6.45, 7) is 3.28. The van der Waals surface area contributed by atoms with Crippen LogP contribution in [0.15, 0.2) is 54.1 Å². The summed E-state index contributed by atoms with van der Waals surface area (Å²) >= 11 is 1.61. The molecule has 1 amide bonds. The van der Waals surface area contributed by atoms with Crippen LogP contribution in [0.3, 0.4) is 0 Å². The van der Waals surface area contributed by atoms with Crippen molar-refractivity contribution in [1.29, 1.82) is 0 Å². The molecule has 2 atom stereocenters. The number of ketones is 1. The molecule has 1 fully saturated rings. The standard InChI is InChI=1S/C23H26N6O2S/c1-15(32-23-27-26-14-28(23)2)17-5-3-4-16(10-17)11-21(30)20-12-18(6-8-25-20)22(31)29-9-7-19(24)13-29/h3-6,8,10,12,14-15,19H,7,9,11,13,24H2,1-2H3/t15-,19+/m0/s1. The molecule has 0 bridgehead atoms. The number of rotatable bonds is 7. The summed E-state index contributed by atoms with van der Waals surface area (Å²) in [4.78, 5) is 31.6. The van der Waals surface area contributed by atoms with Crippen LogP contribution in [0.5, 0.6) is 0 Å². The number of thioether (sulfide) groups is 1. The lowest BCUT2D eigenvalue weighted by Gasteiger charge is -2.16. The van der Waals surface area contributed by atoms with Gasteiger partial charge >= 0.3 is 0 Å². The van der Waals surface area contributed by atoms with Crippen LogP contribution in [0, 0.1) is 0 Å². The van der Waals surface area contributed by atoms with Crippen molar-refractivity contribution in [1.82, 2.24) is 24.6 Å². The molecule has 0 unspecified atom stereocenters. The van der Waals surface area contributed by atoms with E-state index in [1.54, 1.807) is 35.1 Å². The average molecular weight is 451 g/mol. The zero-order valence-corrected chi connectivity index (χ0v) is 19.0. The molecule has 9 heteroatoms. The fraction of sp³-hybridized carbons (Fsp3) is 0.348. The van der Waals surface area contributed by atoms with Crippen molar-refractivity contribution in [2.45, 2.75) is 36.2 Å². The highest BCUT2D eigenvalue weighted by molar-refractivity contribution is 7.99. The van der Waals surface area contributed by atoms with E-state index in [1.807, 2.05) is 35.9 Å². The molecule has 0 aliphatic carbocycles. The summed E-state index contributed by atoms with van der Waals surface area (Å²) in [7, 11) is 1.91. The van der Waals surface area contributed by atoms with Gasteiger partial charge in [-0.05, 0) is 36.6 Å². The lowest BCUT2D eigenvalue weighted by molar-refractivity contribution is 0.0790. The van der Waals surface area contributed by atoms with Crippen LogP contribution in [0.2, 0.25) is 0 Å². The molecule has 2 aromatic heterocycles. The predicted octanol–water partition coefficient (Wildman–Crippen LogP) is 2.66. The first-order valence-electron chi connectivity index (χ1n) is 10.5. The summed E-state index contributed by atoms with van der Waals surface area (Å²) in [6, 6.07) is 11.2. The zero-order chi connectivity index (χ0) is 22.7. The predicted molar refractivity (Wildman–Crippen MR) is 122 cm³/mol. The summed E-state index contributed by atoms with van der Waals surface area (Å²) in [5, 5.41) is 9.03. The molecule has 2 N–H and O–H groups in total. The normalized spacial score (nSPS) is 16.8. The number of aryl methyl sites for hydroxylation is 1. The summed E-state index contributed by atoms with van der Waals surface area (Å²) in [6.07, 6.45) is 4.21. The van der Waals surface area contributed by atoms with Crippen molar-refractivity contribution in [2.24, 2.45) is 12.8 Å². The van der Waals surface area contributed by atoms with Gasteiger partial charge in [0.15, 0.2) is 10.9 Å². The van der Waals surface area contributed by atoms with E-state index in [2.05, 4.69) is 22.1 Å². The second kappa shape index (κ2) is 9.62. The van der Waals surface area contributed by atoms with E-state index in [1.165, 1.54) is 6.20 Å². The Balaban J connectivity index is 1.44. The molecule has 3 heterocycles. The summed E-state index contributed by atoms with van der Waals surface area (Å²) in [5.41, 5.74) is 8.69. The Labute approximate surface area is 191 Å². The number of Topliss-reactive ketones (excluding diaryl/α,β-unsaturated/α-hetero) is 1. The minimum Gasteiger partial charge on any atom is -0.337 e. The van der Waals surface area contributed by atoms with Gasteiger partial charge in [-0.25, -0.2) is 0 Å². The molecule has 1 aliphatic heterocycles. The Bertz CT molecular complexity index is 1130. The smallest absolute Gasteiger partial charge is 0.254 e. The van der Waals surface area contributed by atoms with Crippen molar-refractivity contribution in [2.75, 3.05) is 13.1 Å². The van der Waals surface area contributed by atoms with E-state index in [9.17, 15) is 9.59 Å². The quantitative estimate of drug-likeness (QED) is 0.436. The number of hydrogen-bond acceptors (Lipinski definition) is 7. The molecule has 1 saturated heterocycles. The third-order valence-corrected chi connectivity index (χ3v) is 6.75. The third-order valence-electron chi connectivity index (χ3n) is 5.54. The van der Waals surface area contributed by atoms with Gasteiger partial charge in [0, 0.05) is 49.6 Å². The van der Waals surface area contributed by atoms with Gasteiger partial charge in [-0.1, -0.05) is 36.0 Å². The largest absolute Gasteiger partial charge is 0.337 e. The van der Waals surface area contributed by atoms with E-state index in [4.69, 9.17) is 5.73 Å². The van der Waals surface area contributed by atoms with Crippen molar-refractivity contribution >= 4 is 23.5 Å². The molecule has 1 aromatic carbocycles. The molecule has 3 aromatic rings. The van der Waals surface area contributed by atoms with Gasteiger partial charge in [0.2, 0.25) is 0 Å². The summed E-state index contributed by atoms with van der Waals surface area (Å²) < 4.78 is 1.88. The van der Waals surface area contributed by atoms with E-state index in [-0.39, 0.29) is 29.4 Å². The van der Waals surface area contributed by atoms with E-state index in [0.29, 0.717) is 24.3 Å². The van der Waals surface area contributed by atoms with Crippen LogP contribution in [-0.4, -0.2) is 55.5 Å².